The van der Waals surface area contributed by atoms with Crippen LogP contribution in [0.5, 0.6) is 11.5 Å². The van der Waals surface area contributed by atoms with Crippen LogP contribution in [0.1, 0.15) is 36.0 Å². The molecule has 0 radical (unpaired) electrons. The van der Waals surface area contributed by atoms with Crippen LogP contribution >= 0.6 is 11.6 Å². The van der Waals surface area contributed by atoms with E-state index in [4.69, 9.17) is 11.6 Å². The van der Waals surface area contributed by atoms with Gasteiger partial charge >= 0.3 is 0 Å². The number of likely N-dealkylation sites (tertiary alicyclic amines) is 1. The number of nitrogens with zero attached hydrogens (tertiary/aromatic N) is 1. The minimum atomic E-state index is -0.344. The maximum atomic E-state index is 12.5. The van der Waals surface area contributed by atoms with Gasteiger partial charge in [-0.15, -0.1) is 11.6 Å². The first kappa shape index (κ1) is 14.0. The van der Waals surface area contributed by atoms with Gasteiger partial charge in [0.1, 0.15) is 17.1 Å². The molecule has 1 aromatic carbocycles. The van der Waals surface area contributed by atoms with E-state index in [0.29, 0.717) is 12.4 Å². The predicted octanol–water partition coefficient (Wildman–Crippen LogP) is 2.72. The van der Waals surface area contributed by atoms with Crippen LogP contribution < -0.4 is 0 Å². The van der Waals surface area contributed by atoms with Gasteiger partial charge in [0, 0.05) is 18.5 Å². The topological polar surface area (TPSA) is 60.8 Å². The number of phenols is 2. The number of hydrogen-bond donors (Lipinski definition) is 2. The lowest BCUT2D eigenvalue weighted by Crippen LogP contribution is -2.41. The highest BCUT2D eigenvalue weighted by molar-refractivity contribution is 6.18. The quantitative estimate of drug-likeness (QED) is 0.821. The Morgan fingerprint density at radius 1 is 1.26 bits per heavy atom. The first-order valence-electron chi connectivity index (χ1n) is 6.53. The number of phenolic OH excluding ortho intramolecular Hbond substituents is 2. The van der Waals surface area contributed by atoms with Crippen molar-refractivity contribution in [3.8, 4) is 11.5 Å². The number of rotatable bonds is 2. The van der Waals surface area contributed by atoms with Crippen LogP contribution in [0.3, 0.4) is 0 Å². The molecule has 1 aromatic rings. The lowest BCUT2D eigenvalue weighted by atomic mass is 10.1. The average molecular weight is 284 g/mol. The van der Waals surface area contributed by atoms with E-state index >= 15 is 0 Å². The third-order valence-electron chi connectivity index (χ3n) is 3.55. The highest BCUT2D eigenvalue weighted by Gasteiger charge is 2.28. The van der Waals surface area contributed by atoms with Gasteiger partial charge in [-0.3, -0.25) is 4.79 Å². The fourth-order valence-corrected chi connectivity index (χ4v) is 2.82. The van der Waals surface area contributed by atoms with Crippen LogP contribution in [0.15, 0.2) is 18.2 Å². The molecule has 1 atom stereocenters. The molecule has 1 unspecified atom stereocenters. The van der Waals surface area contributed by atoms with Gasteiger partial charge in [-0.05, 0) is 25.0 Å². The van der Waals surface area contributed by atoms with Crippen LogP contribution in [0, 0.1) is 0 Å². The fourth-order valence-electron chi connectivity index (χ4n) is 2.50. The molecule has 5 heteroatoms. The van der Waals surface area contributed by atoms with Gasteiger partial charge in [0.2, 0.25) is 0 Å². The number of alkyl halides is 1. The summed E-state index contributed by atoms with van der Waals surface area (Å²) in [7, 11) is 0. The lowest BCUT2D eigenvalue weighted by molar-refractivity contribution is 0.0694. The monoisotopic (exact) mass is 283 g/mol. The largest absolute Gasteiger partial charge is 0.507 e. The molecule has 2 N–H and O–H groups in total. The van der Waals surface area contributed by atoms with Crippen LogP contribution in [-0.2, 0) is 0 Å². The van der Waals surface area contributed by atoms with E-state index in [2.05, 4.69) is 0 Å². The van der Waals surface area contributed by atoms with Crippen LogP contribution in [0.4, 0.5) is 0 Å². The summed E-state index contributed by atoms with van der Waals surface area (Å²) >= 11 is 5.94. The summed E-state index contributed by atoms with van der Waals surface area (Å²) in [6.07, 6.45) is 3.91. The van der Waals surface area contributed by atoms with E-state index in [1.165, 1.54) is 18.2 Å². The summed E-state index contributed by atoms with van der Waals surface area (Å²) in [5.74, 6) is -0.353. The van der Waals surface area contributed by atoms with Gasteiger partial charge in [-0.1, -0.05) is 18.9 Å². The third-order valence-corrected chi connectivity index (χ3v) is 3.91. The van der Waals surface area contributed by atoms with Crippen molar-refractivity contribution in [1.29, 1.82) is 0 Å². The maximum absolute atomic E-state index is 12.5. The number of aromatic hydroxyl groups is 2. The lowest BCUT2D eigenvalue weighted by Gasteiger charge is -2.29. The maximum Gasteiger partial charge on any atom is 0.261 e. The van der Waals surface area contributed by atoms with Gasteiger partial charge in [-0.25, -0.2) is 0 Å². The van der Waals surface area contributed by atoms with E-state index in [1.54, 1.807) is 4.90 Å². The van der Waals surface area contributed by atoms with Crippen molar-refractivity contribution >= 4 is 17.5 Å². The average Bonchev–Trinajstić information content (AvgIpc) is 2.63. The van der Waals surface area contributed by atoms with E-state index in [9.17, 15) is 15.0 Å². The Balaban J connectivity index is 2.30. The highest BCUT2D eigenvalue weighted by atomic mass is 35.5. The molecule has 0 spiro atoms. The molecular weight excluding hydrogens is 266 g/mol. The van der Waals surface area contributed by atoms with Crippen LogP contribution in [-0.4, -0.2) is 39.5 Å². The second-order valence-corrected chi connectivity index (χ2v) is 5.14. The van der Waals surface area contributed by atoms with Gasteiger partial charge in [0.15, 0.2) is 0 Å². The van der Waals surface area contributed by atoms with Gasteiger partial charge in [0.05, 0.1) is 0 Å². The zero-order chi connectivity index (χ0) is 13.8. The Bertz CT molecular complexity index is 444. The number of amides is 1. The SMILES string of the molecule is O=C(c1c(O)cccc1O)N1CCCCCC1CCl. The summed E-state index contributed by atoms with van der Waals surface area (Å²) < 4.78 is 0. The molecule has 1 aliphatic heterocycles. The molecule has 1 fully saturated rings. The Morgan fingerprint density at radius 2 is 1.95 bits per heavy atom. The van der Waals surface area contributed by atoms with Crippen LogP contribution in [0.25, 0.3) is 0 Å². The first-order chi connectivity index (χ1) is 9.15. The first-order valence-corrected chi connectivity index (χ1v) is 7.06. The Labute approximate surface area is 117 Å². The van der Waals surface area contributed by atoms with E-state index in [-0.39, 0.29) is 29.0 Å². The second-order valence-electron chi connectivity index (χ2n) is 4.83. The van der Waals surface area contributed by atoms with E-state index in [0.717, 1.165) is 25.7 Å². The minimum absolute atomic E-state index is 0.0282. The predicted molar refractivity (Wildman–Crippen MR) is 73.8 cm³/mol. The number of carbonyl (C=O) groups excluding carboxylic acids is 1. The van der Waals surface area contributed by atoms with Crippen molar-refractivity contribution < 1.29 is 15.0 Å². The number of benzene rings is 1. The highest BCUT2D eigenvalue weighted by Crippen LogP contribution is 2.30. The zero-order valence-corrected chi connectivity index (χ0v) is 11.4. The van der Waals surface area contributed by atoms with Gasteiger partial charge < -0.3 is 15.1 Å². The summed E-state index contributed by atoms with van der Waals surface area (Å²) in [6, 6.07) is 4.28. The molecule has 0 saturated carbocycles. The van der Waals surface area contributed by atoms with Gasteiger partial charge in [0.25, 0.3) is 5.91 Å². The molecule has 0 aromatic heterocycles. The van der Waals surface area contributed by atoms with Crippen molar-refractivity contribution in [2.75, 3.05) is 12.4 Å². The van der Waals surface area contributed by atoms with Crippen molar-refractivity contribution in [3.05, 3.63) is 23.8 Å². The number of halogens is 1. The molecule has 1 amide bonds. The molecule has 1 heterocycles. The molecule has 19 heavy (non-hydrogen) atoms. The van der Waals surface area contributed by atoms with Crippen molar-refractivity contribution in [2.24, 2.45) is 0 Å². The third kappa shape index (κ3) is 2.95. The smallest absolute Gasteiger partial charge is 0.261 e. The standard InChI is InChI=1S/C14H18ClNO3/c15-9-10-5-2-1-3-8-16(10)14(19)13-11(17)6-4-7-12(13)18/h4,6-7,10,17-18H,1-3,5,8-9H2. The summed E-state index contributed by atoms with van der Waals surface area (Å²) in [5.41, 5.74) is -0.0282. The molecule has 4 nitrogen and oxygen atoms in total. The molecule has 2 rings (SSSR count). The van der Waals surface area contributed by atoms with Crippen molar-refractivity contribution in [3.63, 3.8) is 0 Å². The number of carbonyl (C=O) groups is 1. The summed E-state index contributed by atoms with van der Waals surface area (Å²) in [5, 5.41) is 19.6. The van der Waals surface area contributed by atoms with Gasteiger partial charge in [-0.2, -0.15) is 0 Å². The minimum Gasteiger partial charge on any atom is -0.507 e. The zero-order valence-electron chi connectivity index (χ0n) is 10.7. The molecule has 1 aliphatic rings. The Hall–Kier alpha value is -1.42. The molecule has 104 valence electrons. The van der Waals surface area contributed by atoms with Crippen molar-refractivity contribution in [2.45, 2.75) is 31.7 Å². The molecular formula is C14H18ClNO3. The fraction of sp³-hybridized carbons (Fsp3) is 0.500. The van der Waals surface area contributed by atoms with Crippen molar-refractivity contribution in [1.82, 2.24) is 4.90 Å². The number of hydrogen-bond acceptors (Lipinski definition) is 3. The summed E-state index contributed by atoms with van der Waals surface area (Å²) in [6.45, 7) is 0.615. The Kier molecular flexibility index (Phi) is 4.53. The van der Waals surface area contributed by atoms with E-state index in [1.807, 2.05) is 0 Å². The van der Waals surface area contributed by atoms with Crippen LogP contribution in [0.2, 0.25) is 0 Å². The normalized spacial score (nSPS) is 20.1. The molecule has 0 bridgehead atoms. The molecule has 1 saturated heterocycles. The van der Waals surface area contributed by atoms with E-state index < -0.39 is 0 Å². The Morgan fingerprint density at radius 3 is 2.58 bits per heavy atom. The summed E-state index contributed by atoms with van der Waals surface area (Å²) in [4.78, 5) is 14.2. The second kappa shape index (κ2) is 6.15. The molecule has 0 aliphatic carbocycles.